The Bertz CT molecular complexity index is 14.4. The van der Waals surface area contributed by atoms with Crippen LogP contribution in [0, 0.1) is 6.58 Å². The van der Waals surface area contributed by atoms with E-state index in [9.17, 15) is 0 Å². The Morgan fingerprint density at radius 3 is 1.60 bits per heavy atom. The van der Waals surface area contributed by atoms with Gasteiger partial charge in [0.15, 0.2) is 0 Å². The van der Waals surface area contributed by atoms with E-state index in [2.05, 4.69) is 0 Å². The largest absolute Gasteiger partial charge is 2.00 e. The van der Waals surface area contributed by atoms with E-state index in [4.69, 9.17) is 6.58 Å². The zero-order chi connectivity index (χ0) is 2.71. The van der Waals surface area contributed by atoms with Crippen LogP contribution in [0.3, 0.4) is 0 Å². The summed E-state index contributed by atoms with van der Waals surface area (Å²) in [6.45, 7) is 6.50. The van der Waals surface area contributed by atoms with Crippen molar-refractivity contribution in [3.05, 3.63) is 12.7 Å². The summed E-state index contributed by atoms with van der Waals surface area (Å²) in [4.78, 5) is 0. The molecule has 26 valence electrons. The third-order valence-electron chi connectivity index (χ3n) is 0. The molecule has 0 bridgehead atoms. The van der Waals surface area contributed by atoms with Crippen LogP contribution in [0.2, 0.25) is 0 Å². The molecule has 0 aromatic carbocycles. The summed E-state index contributed by atoms with van der Waals surface area (Å²) in [6.07, 6.45) is 1.50. The Morgan fingerprint density at radius 2 is 1.60 bits per heavy atom. The van der Waals surface area contributed by atoms with Crippen molar-refractivity contribution >= 4 is 23.1 Å². The number of halogens is 1. The molecule has 0 radical (unpaired) electrons. The monoisotopic (exact) mass is 100.0 g/mol. The van der Waals surface area contributed by atoms with Gasteiger partial charge in [0.25, 0.3) is 0 Å². The van der Waals surface area contributed by atoms with Gasteiger partial charge in [-0.15, -0.1) is 0 Å². The van der Waals surface area contributed by atoms with Crippen molar-refractivity contribution in [2.24, 2.45) is 0 Å². The van der Waals surface area contributed by atoms with Crippen LogP contribution < -0.4 is 12.4 Å². The van der Waals surface area contributed by atoms with Gasteiger partial charge in [-0.3, -0.25) is 6.08 Å². The standard InChI is InChI=1S/C3H5.ClH.Mg/c1-3-2;;/h1,3H,2H3;1H;/q-1;;+2/p-1. The maximum atomic E-state index is 4.72. The van der Waals surface area contributed by atoms with Crippen molar-refractivity contribution in [1.29, 1.82) is 0 Å². The Kier molecular flexibility index (Phi) is 73.1. The van der Waals surface area contributed by atoms with E-state index < -0.39 is 0 Å². The van der Waals surface area contributed by atoms with E-state index >= 15 is 0 Å². The van der Waals surface area contributed by atoms with E-state index in [0.717, 1.165) is 0 Å². The normalized spacial score (nSPS) is 2.60. The molecule has 0 amide bonds. The zero-order valence-electron chi connectivity index (χ0n) is 3.24. The zero-order valence-corrected chi connectivity index (χ0v) is 5.41. The fourth-order valence-electron chi connectivity index (χ4n) is 0. The summed E-state index contributed by atoms with van der Waals surface area (Å²) in [5.74, 6) is 0. The van der Waals surface area contributed by atoms with Gasteiger partial charge in [0.2, 0.25) is 0 Å². The molecule has 0 saturated heterocycles. The van der Waals surface area contributed by atoms with Crippen LogP contribution in [0.5, 0.6) is 0 Å². The summed E-state index contributed by atoms with van der Waals surface area (Å²) in [5.41, 5.74) is 0. The molecule has 0 aromatic heterocycles. The maximum Gasteiger partial charge on any atom is 2.00 e. The van der Waals surface area contributed by atoms with E-state index in [1.54, 1.807) is 6.92 Å². The minimum atomic E-state index is 0. The topological polar surface area (TPSA) is 0 Å². The number of hydrogen-bond acceptors (Lipinski definition) is 0. The molecule has 0 fully saturated rings. The Labute approximate surface area is 55.2 Å². The summed E-state index contributed by atoms with van der Waals surface area (Å²) >= 11 is 0. The molecule has 0 spiro atoms. The van der Waals surface area contributed by atoms with Crippen molar-refractivity contribution in [2.45, 2.75) is 6.92 Å². The van der Waals surface area contributed by atoms with Crippen LogP contribution in [0.1, 0.15) is 6.92 Å². The number of hydrogen-bond donors (Lipinski definition) is 0. The van der Waals surface area contributed by atoms with E-state index in [1.807, 2.05) is 0 Å². The summed E-state index contributed by atoms with van der Waals surface area (Å²) in [7, 11) is 0. The quantitative estimate of drug-likeness (QED) is 0.236. The molecule has 0 aliphatic carbocycles. The van der Waals surface area contributed by atoms with Gasteiger partial charge in [0.05, 0.1) is 0 Å². The van der Waals surface area contributed by atoms with Gasteiger partial charge in [-0.1, -0.05) is 6.92 Å². The van der Waals surface area contributed by atoms with E-state index in [0.29, 0.717) is 0 Å². The molecular formula is C3H5ClMg. The SMILES string of the molecule is [CH-]=CC.[Cl-].[Mg+2]. The molecule has 0 rings (SSSR count). The average molecular weight is 101 g/mol. The van der Waals surface area contributed by atoms with Gasteiger partial charge in [-0.25, -0.2) is 0 Å². The van der Waals surface area contributed by atoms with Crippen molar-refractivity contribution in [2.75, 3.05) is 0 Å². The Balaban J connectivity index is -0.0000000200. The molecular weight excluding hydrogens is 95.8 g/mol. The molecule has 0 heterocycles. The molecule has 0 atom stereocenters. The minimum Gasteiger partial charge on any atom is -1.00 e. The predicted octanol–water partition coefficient (Wildman–Crippen LogP) is -2.38. The van der Waals surface area contributed by atoms with Gasteiger partial charge < -0.3 is 19.0 Å². The molecule has 0 aliphatic heterocycles. The molecule has 0 saturated carbocycles. The van der Waals surface area contributed by atoms with E-state index in [1.165, 1.54) is 6.08 Å². The summed E-state index contributed by atoms with van der Waals surface area (Å²) in [6, 6.07) is 0. The van der Waals surface area contributed by atoms with Crippen molar-refractivity contribution in [1.82, 2.24) is 0 Å². The maximum absolute atomic E-state index is 4.72. The van der Waals surface area contributed by atoms with Gasteiger partial charge in [0, 0.05) is 0 Å². The Hall–Kier alpha value is 0.796. The third kappa shape index (κ3) is 59.2. The first-order valence-electron chi connectivity index (χ1n) is 0.911. The van der Waals surface area contributed by atoms with Crippen LogP contribution in [0.25, 0.3) is 0 Å². The van der Waals surface area contributed by atoms with Crippen LogP contribution in [0.15, 0.2) is 6.08 Å². The molecule has 0 aromatic rings. The molecule has 2 heteroatoms. The first-order chi connectivity index (χ1) is 1.41. The first-order valence-corrected chi connectivity index (χ1v) is 0.911. The Morgan fingerprint density at radius 1 is 1.60 bits per heavy atom. The third-order valence-corrected chi connectivity index (χ3v) is 0. The fourth-order valence-corrected chi connectivity index (χ4v) is 0. The molecule has 0 nitrogen and oxygen atoms in total. The summed E-state index contributed by atoms with van der Waals surface area (Å²) in [5, 5.41) is 0. The first kappa shape index (κ1) is 17.1. The number of allylic oxidation sites excluding steroid dienone is 1. The average Bonchev–Trinajstić information content (AvgIpc) is 0.918. The van der Waals surface area contributed by atoms with Crippen molar-refractivity contribution < 1.29 is 12.4 Å². The van der Waals surface area contributed by atoms with E-state index in [-0.39, 0.29) is 35.5 Å². The second kappa shape index (κ2) is 21.4. The summed E-state index contributed by atoms with van der Waals surface area (Å²) < 4.78 is 0. The van der Waals surface area contributed by atoms with Crippen LogP contribution in [0.4, 0.5) is 0 Å². The van der Waals surface area contributed by atoms with Crippen LogP contribution in [-0.4, -0.2) is 23.1 Å². The van der Waals surface area contributed by atoms with Crippen LogP contribution in [-0.2, 0) is 0 Å². The van der Waals surface area contributed by atoms with Crippen molar-refractivity contribution in [3.63, 3.8) is 0 Å². The van der Waals surface area contributed by atoms with Crippen LogP contribution >= 0.6 is 0 Å². The van der Waals surface area contributed by atoms with Gasteiger partial charge in [-0.2, -0.15) is 0 Å². The predicted molar refractivity (Wildman–Crippen MR) is 20.3 cm³/mol. The molecule has 0 N–H and O–H groups in total. The van der Waals surface area contributed by atoms with Crippen molar-refractivity contribution in [3.8, 4) is 0 Å². The van der Waals surface area contributed by atoms with Gasteiger partial charge in [-0.05, 0) is 0 Å². The second-order valence-electron chi connectivity index (χ2n) is 0.333. The number of rotatable bonds is 0. The van der Waals surface area contributed by atoms with Gasteiger partial charge >= 0.3 is 23.1 Å². The molecule has 5 heavy (non-hydrogen) atoms. The smallest absolute Gasteiger partial charge is 1.00 e. The molecule has 0 aliphatic rings. The fraction of sp³-hybridized carbons (Fsp3) is 0.333. The second-order valence-corrected chi connectivity index (χ2v) is 0.333. The minimum absolute atomic E-state index is 0. The van der Waals surface area contributed by atoms with Gasteiger partial charge in [0.1, 0.15) is 0 Å². The molecule has 0 unspecified atom stereocenters.